The summed E-state index contributed by atoms with van der Waals surface area (Å²) < 4.78 is 2.06. The highest BCUT2D eigenvalue weighted by atomic mass is 127. The number of hydrogen-bond acceptors (Lipinski definition) is 3. The fourth-order valence-corrected chi connectivity index (χ4v) is 2.54. The third kappa shape index (κ3) is 7.49. The normalized spacial score (nSPS) is 12.4. The van der Waals surface area contributed by atoms with Crippen LogP contribution in [0.3, 0.4) is 0 Å². The van der Waals surface area contributed by atoms with Crippen LogP contribution in [-0.2, 0) is 19.5 Å². The lowest BCUT2D eigenvalue weighted by Crippen LogP contribution is -2.43. The van der Waals surface area contributed by atoms with E-state index in [4.69, 9.17) is 11.6 Å². The van der Waals surface area contributed by atoms with Gasteiger partial charge in [0.1, 0.15) is 12.2 Å². The molecule has 2 rings (SSSR count). The Labute approximate surface area is 177 Å². The third-order valence-corrected chi connectivity index (χ3v) is 4.20. The largest absolute Gasteiger partial charge is 0.355 e. The molecule has 0 aliphatic rings. The fraction of sp³-hybridized carbons (Fsp3) is 0.500. The van der Waals surface area contributed by atoms with Gasteiger partial charge in [0, 0.05) is 30.6 Å². The number of aromatic nitrogens is 3. The zero-order valence-electron chi connectivity index (χ0n) is 15.6. The van der Waals surface area contributed by atoms with E-state index in [1.165, 1.54) is 0 Å². The SMILES string of the molecule is CCc1nncn1CCNC(=NCc1cccc(Cl)c1)NC(C)CC.I. The molecule has 0 aliphatic heterocycles. The maximum atomic E-state index is 6.04. The van der Waals surface area contributed by atoms with Gasteiger partial charge in [0.2, 0.25) is 0 Å². The van der Waals surface area contributed by atoms with Crippen LogP contribution in [0.2, 0.25) is 5.02 Å². The van der Waals surface area contributed by atoms with E-state index in [0.717, 1.165) is 48.3 Å². The second kappa shape index (κ2) is 12.1. The Morgan fingerprint density at radius 1 is 1.35 bits per heavy atom. The van der Waals surface area contributed by atoms with Crippen molar-refractivity contribution in [1.29, 1.82) is 0 Å². The van der Waals surface area contributed by atoms with Gasteiger partial charge in [-0.15, -0.1) is 34.2 Å². The fourth-order valence-electron chi connectivity index (χ4n) is 2.33. The van der Waals surface area contributed by atoms with Crippen molar-refractivity contribution in [3.8, 4) is 0 Å². The van der Waals surface area contributed by atoms with E-state index in [1.54, 1.807) is 6.33 Å². The number of aryl methyl sites for hydroxylation is 1. The Morgan fingerprint density at radius 3 is 2.85 bits per heavy atom. The smallest absolute Gasteiger partial charge is 0.191 e. The van der Waals surface area contributed by atoms with Crippen LogP contribution in [0.1, 0.15) is 38.6 Å². The Hall–Kier alpha value is -1.35. The molecule has 26 heavy (non-hydrogen) atoms. The summed E-state index contributed by atoms with van der Waals surface area (Å²) in [7, 11) is 0. The number of nitrogens with zero attached hydrogens (tertiary/aromatic N) is 4. The first-order valence-corrected chi connectivity index (χ1v) is 9.16. The minimum Gasteiger partial charge on any atom is -0.355 e. The van der Waals surface area contributed by atoms with Crippen LogP contribution in [0.15, 0.2) is 35.6 Å². The lowest BCUT2D eigenvalue weighted by Gasteiger charge is -2.17. The minimum atomic E-state index is 0. The Kier molecular flexibility index (Phi) is 10.6. The molecule has 1 aromatic heterocycles. The average Bonchev–Trinajstić information content (AvgIpc) is 3.07. The number of guanidine groups is 1. The van der Waals surface area contributed by atoms with Crippen molar-refractivity contribution in [2.45, 2.75) is 52.7 Å². The zero-order chi connectivity index (χ0) is 18.1. The second-order valence-corrected chi connectivity index (χ2v) is 6.41. The molecule has 0 spiro atoms. The van der Waals surface area contributed by atoms with Gasteiger partial charge in [0.25, 0.3) is 0 Å². The van der Waals surface area contributed by atoms with Gasteiger partial charge in [-0.05, 0) is 31.0 Å². The molecule has 6 nitrogen and oxygen atoms in total. The molecular formula is C18H28ClIN6. The van der Waals surface area contributed by atoms with Gasteiger partial charge in [-0.2, -0.15) is 0 Å². The van der Waals surface area contributed by atoms with Crippen molar-refractivity contribution in [1.82, 2.24) is 25.4 Å². The molecule has 0 saturated heterocycles. The monoisotopic (exact) mass is 490 g/mol. The molecule has 144 valence electrons. The van der Waals surface area contributed by atoms with Crippen molar-refractivity contribution in [3.63, 3.8) is 0 Å². The van der Waals surface area contributed by atoms with Crippen LogP contribution >= 0.6 is 35.6 Å². The van der Waals surface area contributed by atoms with Crippen LogP contribution in [0.25, 0.3) is 0 Å². The summed E-state index contributed by atoms with van der Waals surface area (Å²) in [5, 5.41) is 15.6. The molecule has 1 aromatic carbocycles. The van der Waals surface area contributed by atoms with E-state index < -0.39 is 0 Å². The van der Waals surface area contributed by atoms with E-state index in [0.29, 0.717) is 12.6 Å². The highest BCUT2D eigenvalue weighted by Gasteiger charge is 2.05. The summed E-state index contributed by atoms with van der Waals surface area (Å²) >= 11 is 6.04. The van der Waals surface area contributed by atoms with Gasteiger partial charge in [0.05, 0.1) is 6.54 Å². The van der Waals surface area contributed by atoms with Crippen LogP contribution in [0, 0.1) is 0 Å². The molecule has 0 fully saturated rings. The number of hydrogen-bond donors (Lipinski definition) is 2. The molecular weight excluding hydrogens is 463 g/mol. The minimum absolute atomic E-state index is 0. The summed E-state index contributed by atoms with van der Waals surface area (Å²) in [6.07, 6.45) is 3.68. The van der Waals surface area contributed by atoms with E-state index in [-0.39, 0.29) is 24.0 Å². The van der Waals surface area contributed by atoms with Gasteiger partial charge in [0.15, 0.2) is 5.96 Å². The van der Waals surface area contributed by atoms with Crippen molar-refractivity contribution >= 4 is 41.5 Å². The summed E-state index contributed by atoms with van der Waals surface area (Å²) in [4.78, 5) is 4.68. The summed E-state index contributed by atoms with van der Waals surface area (Å²) in [6, 6.07) is 8.14. The Balaban J connectivity index is 0.00000338. The standard InChI is InChI=1S/C18H27ClN6.HI/c1-4-14(3)23-18(21-12-15-7-6-8-16(19)11-15)20-9-10-25-13-22-24-17(25)5-2;/h6-8,11,13-14H,4-5,9-10,12H2,1-3H3,(H2,20,21,23);1H. The molecule has 1 atom stereocenters. The lowest BCUT2D eigenvalue weighted by molar-refractivity contribution is 0.599. The predicted octanol–water partition coefficient (Wildman–Crippen LogP) is 3.65. The van der Waals surface area contributed by atoms with Crippen LogP contribution in [0.5, 0.6) is 0 Å². The van der Waals surface area contributed by atoms with Crippen LogP contribution in [-0.4, -0.2) is 33.3 Å². The van der Waals surface area contributed by atoms with E-state index in [9.17, 15) is 0 Å². The Bertz CT molecular complexity index is 688. The molecule has 1 heterocycles. The van der Waals surface area contributed by atoms with Gasteiger partial charge in [-0.1, -0.05) is 37.6 Å². The number of halogens is 2. The molecule has 0 radical (unpaired) electrons. The number of rotatable bonds is 8. The number of benzene rings is 1. The van der Waals surface area contributed by atoms with Gasteiger partial charge in [-0.3, -0.25) is 0 Å². The molecule has 2 N–H and O–H groups in total. The van der Waals surface area contributed by atoms with E-state index >= 15 is 0 Å². The van der Waals surface area contributed by atoms with Crippen molar-refractivity contribution in [2.24, 2.45) is 4.99 Å². The van der Waals surface area contributed by atoms with Crippen LogP contribution < -0.4 is 10.6 Å². The van der Waals surface area contributed by atoms with E-state index in [1.807, 2.05) is 24.3 Å². The first-order chi connectivity index (χ1) is 12.1. The maximum absolute atomic E-state index is 6.04. The molecule has 0 amide bonds. The average molecular weight is 491 g/mol. The second-order valence-electron chi connectivity index (χ2n) is 5.97. The summed E-state index contributed by atoms with van der Waals surface area (Å²) in [5.41, 5.74) is 1.09. The molecule has 0 saturated carbocycles. The first-order valence-electron chi connectivity index (χ1n) is 8.78. The molecule has 0 aliphatic carbocycles. The number of aliphatic imine (C=N–C) groups is 1. The Morgan fingerprint density at radius 2 is 2.15 bits per heavy atom. The topological polar surface area (TPSA) is 67.1 Å². The quantitative estimate of drug-likeness (QED) is 0.337. The van der Waals surface area contributed by atoms with Crippen LogP contribution in [0.4, 0.5) is 0 Å². The zero-order valence-corrected chi connectivity index (χ0v) is 18.7. The van der Waals surface area contributed by atoms with Crippen molar-refractivity contribution < 1.29 is 0 Å². The first kappa shape index (κ1) is 22.7. The van der Waals surface area contributed by atoms with E-state index in [2.05, 4.69) is 51.2 Å². The summed E-state index contributed by atoms with van der Waals surface area (Å²) in [6.45, 7) is 8.51. The molecule has 8 heteroatoms. The highest BCUT2D eigenvalue weighted by molar-refractivity contribution is 14.0. The third-order valence-electron chi connectivity index (χ3n) is 3.96. The van der Waals surface area contributed by atoms with Crippen molar-refractivity contribution in [3.05, 3.63) is 47.0 Å². The molecule has 2 aromatic rings. The molecule has 1 unspecified atom stereocenters. The summed E-state index contributed by atoms with van der Waals surface area (Å²) in [5.74, 6) is 1.80. The number of nitrogens with one attached hydrogen (secondary N) is 2. The van der Waals surface area contributed by atoms with Gasteiger partial charge >= 0.3 is 0 Å². The van der Waals surface area contributed by atoms with Gasteiger partial charge < -0.3 is 15.2 Å². The van der Waals surface area contributed by atoms with Crippen molar-refractivity contribution in [2.75, 3.05) is 6.54 Å². The van der Waals surface area contributed by atoms with Gasteiger partial charge in [-0.25, -0.2) is 4.99 Å². The maximum Gasteiger partial charge on any atom is 0.191 e. The lowest BCUT2D eigenvalue weighted by atomic mass is 10.2. The predicted molar refractivity (Wildman–Crippen MR) is 118 cm³/mol. The molecule has 0 bridgehead atoms. The highest BCUT2D eigenvalue weighted by Crippen LogP contribution is 2.11.